The second kappa shape index (κ2) is 8.52. The third kappa shape index (κ3) is 5.71. The van der Waals surface area contributed by atoms with Gasteiger partial charge in [-0.2, -0.15) is 0 Å². The second-order valence-electron chi connectivity index (χ2n) is 6.16. The molecule has 0 atom stereocenters. The van der Waals surface area contributed by atoms with Gasteiger partial charge in [0.15, 0.2) is 0 Å². The Labute approximate surface area is 172 Å². The molecule has 150 valence electrons. The monoisotopic (exact) mass is 432 g/mol. The highest BCUT2D eigenvalue weighted by atomic mass is 35.5. The summed E-state index contributed by atoms with van der Waals surface area (Å²) in [6, 6.07) is 16.8. The number of sulfonamides is 1. The molecule has 0 saturated carbocycles. The largest absolute Gasteiger partial charge is 0.508 e. The number of hydrogen-bond donors (Lipinski definition) is 3. The van der Waals surface area contributed by atoms with Gasteiger partial charge in [0.2, 0.25) is 15.9 Å². The van der Waals surface area contributed by atoms with Gasteiger partial charge in [-0.1, -0.05) is 29.8 Å². The van der Waals surface area contributed by atoms with Crippen molar-refractivity contribution in [2.24, 2.45) is 5.14 Å². The van der Waals surface area contributed by atoms with Crippen molar-refractivity contribution < 1.29 is 23.1 Å². The van der Waals surface area contributed by atoms with E-state index in [4.69, 9.17) is 21.5 Å². The Morgan fingerprint density at radius 1 is 1.07 bits per heavy atom. The summed E-state index contributed by atoms with van der Waals surface area (Å²) in [5.41, 5.74) is 0.934. The zero-order chi connectivity index (χ0) is 21.0. The van der Waals surface area contributed by atoms with Crippen molar-refractivity contribution in [1.82, 2.24) is 0 Å². The number of amides is 1. The van der Waals surface area contributed by atoms with E-state index in [0.29, 0.717) is 16.3 Å². The van der Waals surface area contributed by atoms with Crippen molar-refractivity contribution in [2.75, 3.05) is 5.32 Å². The number of carbonyl (C=O) groups is 1. The summed E-state index contributed by atoms with van der Waals surface area (Å²) in [7, 11) is -4.12. The van der Waals surface area contributed by atoms with E-state index >= 15 is 0 Å². The van der Waals surface area contributed by atoms with Gasteiger partial charge >= 0.3 is 0 Å². The Kier molecular flexibility index (Phi) is 6.07. The van der Waals surface area contributed by atoms with Crippen molar-refractivity contribution in [3.05, 3.63) is 77.3 Å². The minimum atomic E-state index is -4.12. The predicted molar refractivity (Wildman–Crippen MR) is 110 cm³/mol. The van der Waals surface area contributed by atoms with Crippen LogP contribution in [0.25, 0.3) is 0 Å². The first-order valence-electron chi connectivity index (χ1n) is 8.39. The van der Waals surface area contributed by atoms with E-state index in [1.165, 1.54) is 36.4 Å². The fourth-order valence-electron chi connectivity index (χ4n) is 2.55. The van der Waals surface area contributed by atoms with E-state index in [1.54, 1.807) is 30.3 Å². The van der Waals surface area contributed by atoms with E-state index in [0.717, 1.165) is 0 Å². The van der Waals surface area contributed by atoms with Gasteiger partial charge in [-0.15, -0.1) is 0 Å². The standard InChI is InChI=1S/C20H17ClN2O5S/c21-14-2-1-3-17(11-14)28-18-9-6-15(12-19(18)29(22,26)27)23-20(25)10-13-4-7-16(24)8-5-13/h1-9,11-12,24H,10H2,(H,23,25)(H2,22,26,27). The fourth-order valence-corrected chi connectivity index (χ4v) is 3.42. The van der Waals surface area contributed by atoms with E-state index in [-0.39, 0.29) is 34.4 Å². The molecule has 0 saturated heterocycles. The van der Waals surface area contributed by atoms with E-state index < -0.39 is 10.0 Å². The van der Waals surface area contributed by atoms with Crippen LogP contribution in [-0.4, -0.2) is 19.4 Å². The molecule has 0 radical (unpaired) electrons. The minimum Gasteiger partial charge on any atom is -0.508 e. The number of ether oxygens (including phenoxy) is 1. The Morgan fingerprint density at radius 3 is 2.45 bits per heavy atom. The summed E-state index contributed by atoms with van der Waals surface area (Å²) in [6.45, 7) is 0. The molecule has 9 heteroatoms. The number of phenolic OH excluding ortho intramolecular Hbond substituents is 1. The van der Waals surface area contributed by atoms with Gasteiger partial charge in [-0.05, 0) is 54.1 Å². The molecule has 29 heavy (non-hydrogen) atoms. The SMILES string of the molecule is NS(=O)(=O)c1cc(NC(=O)Cc2ccc(O)cc2)ccc1Oc1cccc(Cl)c1. The van der Waals surface area contributed by atoms with Crippen molar-refractivity contribution in [2.45, 2.75) is 11.3 Å². The number of benzene rings is 3. The molecule has 4 N–H and O–H groups in total. The minimum absolute atomic E-state index is 0.00583. The summed E-state index contributed by atoms with van der Waals surface area (Å²) >= 11 is 5.91. The predicted octanol–water partition coefficient (Wildman–Crippen LogP) is 3.67. The first kappa shape index (κ1) is 20.7. The Hall–Kier alpha value is -3.07. The van der Waals surface area contributed by atoms with Gasteiger partial charge in [0.05, 0.1) is 6.42 Å². The zero-order valence-corrected chi connectivity index (χ0v) is 16.6. The highest BCUT2D eigenvalue weighted by molar-refractivity contribution is 7.89. The third-order valence-corrected chi connectivity index (χ3v) is 5.03. The maximum absolute atomic E-state index is 12.2. The molecule has 3 rings (SSSR count). The van der Waals surface area contributed by atoms with Crippen LogP contribution in [0.5, 0.6) is 17.2 Å². The van der Waals surface area contributed by atoms with Gasteiger partial charge in [0.25, 0.3) is 0 Å². The van der Waals surface area contributed by atoms with Crippen LogP contribution >= 0.6 is 11.6 Å². The van der Waals surface area contributed by atoms with Crippen molar-refractivity contribution >= 4 is 33.2 Å². The van der Waals surface area contributed by atoms with Crippen LogP contribution in [0.1, 0.15) is 5.56 Å². The molecule has 3 aromatic carbocycles. The molecule has 0 aliphatic heterocycles. The first-order chi connectivity index (χ1) is 13.7. The average Bonchev–Trinajstić information content (AvgIpc) is 2.64. The van der Waals surface area contributed by atoms with Crippen molar-refractivity contribution in [3.63, 3.8) is 0 Å². The van der Waals surface area contributed by atoms with Crippen LogP contribution in [0.15, 0.2) is 71.6 Å². The summed E-state index contributed by atoms with van der Waals surface area (Å²) in [5, 5.41) is 17.6. The molecule has 0 aliphatic rings. The molecule has 0 spiro atoms. The maximum atomic E-state index is 12.2. The molecule has 1 amide bonds. The number of phenols is 1. The molecular weight excluding hydrogens is 416 g/mol. The number of primary sulfonamides is 1. The highest BCUT2D eigenvalue weighted by Gasteiger charge is 2.18. The van der Waals surface area contributed by atoms with Crippen molar-refractivity contribution in [3.8, 4) is 17.2 Å². The number of rotatable bonds is 6. The zero-order valence-electron chi connectivity index (χ0n) is 15.0. The smallest absolute Gasteiger partial charge is 0.241 e. The van der Waals surface area contributed by atoms with Gasteiger partial charge in [-0.3, -0.25) is 4.79 Å². The van der Waals surface area contributed by atoms with Gasteiger partial charge in [0.1, 0.15) is 22.1 Å². The highest BCUT2D eigenvalue weighted by Crippen LogP contribution is 2.31. The molecule has 0 unspecified atom stereocenters. The Balaban J connectivity index is 1.81. The lowest BCUT2D eigenvalue weighted by molar-refractivity contribution is -0.115. The number of nitrogens with one attached hydrogen (secondary N) is 1. The Morgan fingerprint density at radius 2 is 1.79 bits per heavy atom. The van der Waals surface area contributed by atoms with Crippen LogP contribution in [0.2, 0.25) is 5.02 Å². The number of carbonyl (C=O) groups excluding carboxylic acids is 1. The van der Waals surface area contributed by atoms with Gasteiger partial charge in [0, 0.05) is 10.7 Å². The molecule has 0 aromatic heterocycles. The summed E-state index contributed by atoms with van der Waals surface area (Å²) in [5.74, 6) is 0.0830. The van der Waals surface area contributed by atoms with E-state index in [2.05, 4.69) is 5.32 Å². The van der Waals surface area contributed by atoms with Crippen LogP contribution in [0.4, 0.5) is 5.69 Å². The molecule has 0 aliphatic carbocycles. The van der Waals surface area contributed by atoms with Gasteiger partial charge in [-0.25, -0.2) is 13.6 Å². The summed E-state index contributed by atoms with van der Waals surface area (Å²) < 4.78 is 29.6. The third-order valence-electron chi connectivity index (χ3n) is 3.86. The number of aromatic hydroxyl groups is 1. The number of halogens is 1. The molecule has 3 aromatic rings. The van der Waals surface area contributed by atoms with E-state index in [9.17, 15) is 18.3 Å². The summed E-state index contributed by atoms with van der Waals surface area (Å²) in [4.78, 5) is 12.0. The lowest BCUT2D eigenvalue weighted by atomic mass is 10.1. The average molecular weight is 433 g/mol. The fraction of sp³-hybridized carbons (Fsp3) is 0.0500. The lowest BCUT2D eigenvalue weighted by Gasteiger charge is -2.13. The van der Waals surface area contributed by atoms with Crippen LogP contribution in [0.3, 0.4) is 0 Å². The molecule has 0 bridgehead atoms. The lowest BCUT2D eigenvalue weighted by Crippen LogP contribution is -2.17. The quantitative estimate of drug-likeness (QED) is 0.549. The van der Waals surface area contributed by atoms with Crippen LogP contribution in [-0.2, 0) is 21.2 Å². The molecule has 0 fully saturated rings. The van der Waals surface area contributed by atoms with Crippen LogP contribution in [0, 0.1) is 0 Å². The maximum Gasteiger partial charge on any atom is 0.241 e. The Bertz CT molecular complexity index is 1150. The van der Waals surface area contributed by atoms with E-state index in [1.807, 2.05) is 0 Å². The normalized spacial score (nSPS) is 11.1. The molecular formula is C20H17ClN2O5S. The second-order valence-corrected chi connectivity index (χ2v) is 8.12. The number of nitrogens with two attached hydrogens (primary N) is 1. The molecule has 7 nitrogen and oxygen atoms in total. The van der Waals surface area contributed by atoms with Crippen LogP contribution < -0.4 is 15.2 Å². The number of anilines is 1. The first-order valence-corrected chi connectivity index (χ1v) is 10.3. The van der Waals surface area contributed by atoms with Crippen molar-refractivity contribution in [1.29, 1.82) is 0 Å². The molecule has 0 heterocycles. The topological polar surface area (TPSA) is 119 Å². The van der Waals surface area contributed by atoms with Gasteiger partial charge < -0.3 is 15.2 Å². The number of hydrogen-bond acceptors (Lipinski definition) is 5. The summed E-state index contributed by atoms with van der Waals surface area (Å²) in [6.07, 6.45) is 0.0474.